The van der Waals surface area contributed by atoms with Crippen molar-refractivity contribution >= 4 is 0 Å². The van der Waals surface area contributed by atoms with E-state index in [0.717, 1.165) is 24.6 Å². The van der Waals surface area contributed by atoms with E-state index < -0.39 is 0 Å². The summed E-state index contributed by atoms with van der Waals surface area (Å²) in [5, 5.41) is 8.60. The summed E-state index contributed by atoms with van der Waals surface area (Å²) in [7, 11) is 0. The highest BCUT2D eigenvalue weighted by molar-refractivity contribution is 5.09. The molecule has 84 valence electrons. The molecule has 0 fully saturated rings. The molecule has 1 aliphatic heterocycles. The van der Waals surface area contributed by atoms with Gasteiger partial charge in [-0.15, -0.1) is 10.2 Å². The average Bonchev–Trinajstić information content (AvgIpc) is 2.59. The van der Waals surface area contributed by atoms with Crippen LogP contribution in [-0.4, -0.2) is 20.8 Å². The number of fused-ring (bicyclic) bond motifs is 1. The van der Waals surface area contributed by atoms with Crippen molar-refractivity contribution in [3.8, 4) is 0 Å². The van der Waals surface area contributed by atoms with Crippen molar-refractivity contribution in [2.45, 2.75) is 58.0 Å². The van der Waals surface area contributed by atoms with Crippen LogP contribution in [0.1, 0.15) is 57.1 Å². The Morgan fingerprint density at radius 1 is 1.33 bits per heavy atom. The summed E-state index contributed by atoms with van der Waals surface area (Å²) >= 11 is 0. The Morgan fingerprint density at radius 2 is 2.07 bits per heavy atom. The summed E-state index contributed by atoms with van der Waals surface area (Å²) < 4.78 is 2.27. The number of aromatic nitrogens is 3. The summed E-state index contributed by atoms with van der Waals surface area (Å²) in [5.41, 5.74) is 5.99. The summed E-state index contributed by atoms with van der Waals surface area (Å²) in [6.45, 7) is 7.43. The maximum absolute atomic E-state index is 5.99. The minimum absolute atomic E-state index is 0.174. The standard InChI is InChI=1S/C11H20N4/c1-7(2)10-13-14-11-9(8(3)12)5-4-6-15(10)11/h7-9H,4-6,12H2,1-3H3. The lowest BCUT2D eigenvalue weighted by atomic mass is 9.92. The maximum Gasteiger partial charge on any atom is 0.137 e. The van der Waals surface area contributed by atoms with Gasteiger partial charge >= 0.3 is 0 Å². The molecule has 2 atom stereocenters. The van der Waals surface area contributed by atoms with E-state index in [4.69, 9.17) is 5.73 Å². The highest BCUT2D eigenvalue weighted by atomic mass is 15.3. The van der Waals surface area contributed by atoms with Crippen LogP contribution in [0.3, 0.4) is 0 Å². The first kappa shape index (κ1) is 10.6. The molecule has 0 saturated carbocycles. The van der Waals surface area contributed by atoms with Crippen molar-refractivity contribution in [2.24, 2.45) is 5.73 Å². The molecule has 2 unspecified atom stereocenters. The number of nitrogens with two attached hydrogens (primary N) is 1. The lowest BCUT2D eigenvalue weighted by Crippen LogP contribution is -2.30. The van der Waals surface area contributed by atoms with Crippen LogP contribution in [0.2, 0.25) is 0 Å². The second-order valence-corrected chi connectivity index (χ2v) is 4.83. The Balaban J connectivity index is 2.38. The van der Waals surface area contributed by atoms with Crippen molar-refractivity contribution in [1.29, 1.82) is 0 Å². The SMILES string of the molecule is CC(C)c1nnc2n1CCCC2C(C)N. The Labute approximate surface area is 90.9 Å². The lowest BCUT2D eigenvalue weighted by molar-refractivity contribution is 0.395. The molecule has 0 radical (unpaired) electrons. The van der Waals surface area contributed by atoms with Gasteiger partial charge in [-0.1, -0.05) is 13.8 Å². The molecule has 4 nitrogen and oxygen atoms in total. The maximum atomic E-state index is 5.99. The van der Waals surface area contributed by atoms with Crippen LogP contribution in [0.25, 0.3) is 0 Å². The van der Waals surface area contributed by atoms with Crippen LogP contribution in [0.5, 0.6) is 0 Å². The molecule has 1 aromatic heterocycles. The third-order valence-electron chi connectivity index (χ3n) is 3.19. The van der Waals surface area contributed by atoms with Gasteiger partial charge in [0.05, 0.1) is 0 Å². The van der Waals surface area contributed by atoms with Crippen molar-refractivity contribution < 1.29 is 0 Å². The third-order valence-corrected chi connectivity index (χ3v) is 3.19. The predicted molar refractivity (Wildman–Crippen MR) is 59.7 cm³/mol. The quantitative estimate of drug-likeness (QED) is 0.803. The zero-order chi connectivity index (χ0) is 11.0. The molecule has 0 aromatic carbocycles. The summed E-state index contributed by atoms with van der Waals surface area (Å²) in [5.74, 6) is 3.03. The highest BCUT2D eigenvalue weighted by Crippen LogP contribution is 2.30. The molecule has 2 rings (SSSR count). The summed E-state index contributed by atoms with van der Waals surface area (Å²) in [4.78, 5) is 0. The monoisotopic (exact) mass is 208 g/mol. The Morgan fingerprint density at radius 3 is 2.67 bits per heavy atom. The lowest BCUT2D eigenvalue weighted by Gasteiger charge is -2.26. The molecule has 2 heterocycles. The highest BCUT2D eigenvalue weighted by Gasteiger charge is 2.28. The Hall–Kier alpha value is -0.900. The minimum Gasteiger partial charge on any atom is -0.327 e. The van der Waals surface area contributed by atoms with Gasteiger partial charge in [-0.25, -0.2) is 0 Å². The van der Waals surface area contributed by atoms with Crippen molar-refractivity contribution in [3.63, 3.8) is 0 Å². The van der Waals surface area contributed by atoms with Gasteiger partial charge in [0.1, 0.15) is 11.6 Å². The second-order valence-electron chi connectivity index (χ2n) is 4.83. The molecular formula is C11H20N4. The van der Waals surface area contributed by atoms with Gasteiger partial charge in [0, 0.05) is 24.4 Å². The van der Waals surface area contributed by atoms with Crippen LogP contribution in [0, 0.1) is 0 Å². The number of hydrogen-bond donors (Lipinski definition) is 1. The molecule has 0 aliphatic carbocycles. The Bertz CT molecular complexity index is 340. The normalized spacial score (nSPS) is 22.9. The van der Waals surface area contributed by atoms with Gasteiger partial charge in [0.2, 0.25) is 0 Å². The molecule has 0 spiro atoms. The summed E-state index contributed by atoms with van der Waals surface area (Å²) in [6, 6.07) is 0.174. The molecule has 0 bridgehead atoms. The first-order valence-electron chi connectivity index (χ1n) is 5.79. The molecule has 0 amide bonds. The first-order valence-corrected chi connectivity index (χ1v) is 5.79. The van der Waals surface area contributed by atoms with Gasteiger partial charge < -0.3 is 10.3 Å². The smallest absolute Gasteiger partial charge is 0.137 e. The van der Waals surface area contributed by atoms with E-state index in [0.29, 0.717) is 11.8 Å². The van der Waals surface area contributed by atoms with Gasteiger partial charge in [-0.3, -0.25) is 0 Å². The third kappa shape index (κ3) is 1.78. The predicted octanol–water partition coefficient (Wildman–Crippen LogP) is 1.63. The van der Waals surface area contributed by atoms with E-state index in [2.05, 4.69) is 35.5 Å². The fraction of sp³-hybridized carbons (Fsp3) is 0.818. The van der Waals surface area contributed by atoms with E-state index in [1.54, 1.807) is 0 Å². The number of hydrogen-bond acceptors (Lipinski definition) is 3. The van der Waals surface area contributed by atoms with Crippen molar-refractivity contribution in [1.82, 2.24) is 14.8 Å². The van der Waals surface area contributed by atoms with Crippen LogP contribution in [0.4, 0.5) is 0 Å². The van der Waals surface area contributed by atoms with E-state index in [1.807, 2.05) is 0 Å². The zero-order valence-corrected chi connectivity index (χ0v) is 9.77. The van der Waals surface area contributed by atoms with Crippen molar-refractivity contribution in [3.05, 3.63) is 11.6 Å². The molecule has 2 N–H and O–H groups in total. The number of rotatable bonds is 2. The van der Waals surface area contributed by atoms with Gasteiger partial charge in [-0.2, -0.15) is 0 Å². The molecule has 1 aliphatic rings. The summed E-state index contributed by atoms with van der Waals surface area (Å²) in [6.07, 6.45) is 2.34. The van der Waals surface area contributed by atoms with E-state index in [-0.39, 0.29) is 6.04 Å². The minimum atomic E-state index is 0.174. The van der Waals surface area contributed by atoms with Crippen LogP contribution >= 0.6 is 0 Å². The van der Waals surface area contributed by atoms with Gasteiger partial charge in [-0.05, 0) is 19.8 Å². The topological polar surface area (TPSA) is 56.7 Å². The molecule has 4 heteroatoms. The second kappa shape index (κ2) is 3.93. The van der Waals surface area contributed by atoms with E-state index in [9.17, 15) is 0 Å². The molecule has 0 saturated heterocycles. The fourth-order valence-corrected chi connectivity index (χ4v) is 2.35. The van der Waals surface area contributed by atoms with E-state index in [1.165, 1.54) is 6.42 Å². The fourth-order valence-electron chi connectivity index (χ4n) is 2.35. The first-order chi connectivity index (χ1) is 7.11. The van der Waals surface area contributed by atoms with Crippen LogP contribution in [0.15, 0.2) is 0 Å². The molecule has 1 aromatic rings. The number of nitrogens with zero attached hydrogens (tertiary/aromatic N) is 3. The van der Waals surface area contributed by atoms with Gasteiger partial charge in [0.25, 0.3) is 0 Å². The van der Waals surface area contributed by atoms with Crippen molar-refractivity contribution in [2.75, 3.05) is 0 Å². The zero-order valence-electron chi connectivity index (χ0n) is 9.77. The Kier molecular flexibility index (Phi) is 2.78. The molecule has 15 heavy (non-hydrogen) atoms. The average molecular weight is 208 g/mol. The van der Waals surface area contributed by atoms with Crippen LogP contribution < -0.4 is 5.73 Å². The molecular weight excluding hydrogens is 188 g/mol. The van der Waals surface area contributed by atoms with Gasteiger partial charge in [0.15, 0.2) is 0 Å². The van der Waals surface area contributed by atoms with E-state index >= 15 is 0 Å². The largest absolute Gasteiger partial charge is 0.327 e. The van der Waals surface area contributed by atoms with Crippen LogP contribution in [-0.2, 0) is 6.54 Å².